The molecule has 1 aromatic rings. The second-order valence-electron chi connectivity index (χ2n) is 5.78. The van der Waals surface area contributed by atoms with E-state index in [-0.39, 0.29) is 29.6 Å². The van der Waals surface area contributed by atoms with Gasteiger partial charge in [-0.15, -0.1) is 0 Å². The van der Waals surface area contributed by atoms with Gasteiger partial charge in [0.15, 0.2) is 5.78 Å². The number of nitrogens with zero attached hydrogens (tertiary/aromatic N) is 2. The van der Waals surface area contributed by atoms with Crippen molar-refractivity contribution in [3.05, 3.63) is 29.6 Å². The number of rotatable bonds is 5. The van der Waals surface area contributed by atoms with Gasteiger partial charge in [0.25, 0.3) is 0 Å². The molecular weight excluding hydrogens is 313 g/mol. The molecule has 1 fully saturated rings. The van der Waals surface area contributed by atoms with Crippen molar-refractivity contribution >= 4 is 23.3 Å². The Bertz CT molecular complexity index is 640. The quantitative estimate of drug-likeness (QED) is 0.829. The van der Waals surface area contributed by atoms with Gasteiger partial charge in [0.1, 0.15) is 5.82 Å². The first-order chi connectivity index (χ1) is 11.4. The molecule has 0 spiro atoms. The van der Waals surface area contributed by atoms with Crippen molar-refractivity contribution in [2.75, 3.05) is 38.0 Å². The van der Waals surface area contributed by atoms with Gasteiger partial charge in [-0.05, 0) is 19.1 Å². The average molecular weight is 335 g/mol. The first-order valence-corrected chi connectivity index (χ1v) is 7.96. The minimum atomic E-state index is -0.570. The zero-order valence-corrected chi connectivity index (χ0v) is 14.0. The standard InChI is InChI=1S/C17H22FN3O3/c1-12(22)17-14(18)4-3-5-15(17)19-7-6-16(24)21-10-8-20(9-11-21)13(2)23/h3-5,19H,6-11H2,1-2H3. The lowest BCUT2D eigenvalue weighted by molar-refractivity contribution is -0.138. The predicted octanol–water partition coefficient (Wildman–Crippen LogP) is 1.52. The van der Waals surface area contributed by atoms with Crippen molar-refractivity contribution in [1.82, 2.24) is 9.80 Å². The van der Waals surface area contributed by atoms with Crippen LogP contribution in [0.2, 0.25) is 0 Å². The first kappa shape index (κ1) is 17.9. The lowest BCUT2D eigenvalue weighted by Crippen LogP contribution is -2.50. The van der Waals surface area contributed by atoms with Crippen LogP contribution in [0.25, 0.3) is 0 Å². The smallest absolute Gasteiger partial charge is 0.224 e. The van der Waals surface area contributed by atoms with Gasteiger partial charge in [0, 0.05) is 51.8 Å². The fourth-order valence-corrected chi connectivity index (χ4v) is 2.76. The molecule has 0 bridgehead atoms. The summed E-state index contributed by atoms with van der Waals surface area (Å²) in [5, 5.41) is 2.96. The van der Waals surface area contributed by atoms with Crippen LogP contribution >= 0.6 is 0 Å². The second-order valence-corrected chi connectivity index (χ2v) is 5.78. The molecule has 0 radical (unpaired) electrons. The van der Waals surface area contributed by atoms with Gasteiger partial charge < -0.3 is 15.1 Å². The van der Waals surface area contributed by atoms with Gasteiger partial charge in [-0.3, -0.25) is 14.4 Å². The van der Waals surface area contributed by atoms with Crippen LogP contribution in [-0.4, -0.2) is 60.1 Å². The van der Waals surface area contributed by atoms with Crippen LogP contribution in [0.5, 0.6) is 0 Å². The molecule has 1 saturated heterocycles. The van der Waals surface area contributed by atoms with Crippen LogP contribution in [0.1, 0.15) is 30.6 Å². The highest BCUT2D eigenvalue weighted by Gasteiger charge is 2.22. The van der Waals surface area contributed by atoms with E-state index in [1.54, 1.807) is 15.9 Å². The van der Waals surface area contributed by atoms with Crippen molar-refractivity contribution in [1.29, 1.82) is 0 Å². The number of carbonyl (C=O) groups excluding carboxylic acids is 3. The summed E-state index contributed by atoms with van der Waals surface area (Å²) in [5.74, 6) is -0.931. The maximum absolute atomic E-state index is 13.7. The maximum Gasteiger partial charge on any atom is 0.224 e. The van der Waals surface area contributed by atoms with Crippen molar-refractivity contribution in [3.63, 3.8) is 0 Å². The van der Waals surface area contributed by atoms with Crippen LogP contribution in [0.4, 0.5) is 10.1 Å². The zero-order valence-electron chi connectivity index (χ0n) is 14.0. The van der Waals surface area contributed by atoms with Crippen LogP contribution in [0, 0.1) is 5.82 Å². The SMILES string of the molecule is CC(=O)c1c(F)cccc1NCCC(=O)N1CCN(C(C)=O)CC1. The molecular formula is C17H22FN3O3. The van der Waals surface area contributed by atoms with Crippen LogP contribution < -0.4 is 5.32 Å². The van der Waals surface area contributed by atoms with E-state index in [1.165, 1.54) is 26.0 Å². The second kappa shape index (κ2) is 7.90. The van der Waals surface area contributed by atoms with Gasteiger partial charge in [0.05, 0.1) is 5.56 Å². The molecule has 0 atom stereocenters. The van der Waals surface area contributed by atoms with E-state index in [0.717, 1.165) is 0 Å². The molecule has 24 heavy (non-hydrogen) atoms. The van der Waals surface area contributed by atoms with Gasteiger partial charge in [-0.25, -0.2) is 4.39 Å². The van der Waals surface area contributed by atoms with Crippen molar-refractivity contribution in [2.45, 2.75) is 20.3 Å². The Morgan fingerprint density at radius 1 is 1.08 bits per heavy atom. The maximum atomic E-state index is 13.7. The summed E-state index contributed by atoms with van der Waals surface area (Å²) in [7, 11) is 0. The molecule has 1 aliphatic heterocycles. The van der Waals surface area contributed by atoms with Gasteiger partial charge in [-0.1, -0.05) is 6.07 Å². The van der Waals surface area contributed by atoms with Crippen molar-refractivity contribution < 1.29 is 18.8 Å². The Hall–Kier alpha value is -2.44. The van der Waals surface area contributed by atoms with E-state index < -0.39 is 5.82 Å². The number of halogens is 1. The topological polar surface area (TPSA) is 69.7 Å². The highest BCUT2D eigenvalue weighted by Crippen LogP contribution is 2.19. The van der Waals surface area contributed by atoms with Gasteiger partial charge in [-0.2, -0.15) is 0 Å². The Balaban J connectivity index is 1.85. The molecule has 1 N–H and O–H groups in total. The monoisotopic (exact) mass is 335 g/mol. The van der Waals surface area contributed by atoms with E-state index in [9.17, 15) is 18.8 Å². The lowest BCUT2D eigenvalue weighted by atomic mass is 10.1. The van der Waals surface area contributed by atoms with Crippen LogP contribution in [-0.2, 0) is 9.59 Å². The predicted molar refractivity (Wildman–Crippen MR) is 88.3 cm³/mol. The van der Waals surface area contributed by atoms with E-state index in [0.29, 0.717) is 38.4 Å². The Morgan fingerprint density at radius 3 is 2.29 bits per heavy atom. The number of ketones is 1. The molecule has 1 aromatic carbocycles. The summed E-state index contributed by atoms with van der Waals surface area (Å²) in [4.78, 5) is 38.4. The van der Waals surface area contributed by atoms with E-state index in [1.807, 2.05) is 0 Å². The Morgan fingerprint density at radius 2 is 1.71 bits per heavy atom. The third kappa shape index (κ3) is 4.31. The zero-order chi connectivity index (χ0) is 17.7. The molecule has 0 unspecified atom stereocenters. The summed E-state index contributed by atoms with van der Waals surface area (Å²) in [6.07, 6.45) is 0.244. The third-order valence-electron chi connectivity index (χ3n) is 4.10. The molecule has 130 valence electrons. The van der Waals surface area contributed by atoms with Crippen molar-refractivity contribution in [3.8, 4) is 0 Å². The molecule has 0 aromatic heterocycles. The fraction of sp³-hybridized carbons (Fsp3) is 0.471. The van der Waals surface area contributed by atoms with Gasteiger partial charge >= 0.3 is 0 Å². The largest absolute Gasteiger partial charge is 0.384 e. The molecule has 7 heteroatoms. The highest BCUT2D eigenvalue weighted by molar-refractivity contribution is 5.99. The number of piperazine rings is 1. The number of benzene rings is 1. The summed E-state index contributed by atoms with van der Waals surface area (Å²) in [5.41, 5.74) is 0.414. The van der Waals surface area contributed by atoms with E-state index in [2.05, 4.69) is 5.32 Å². The van der Waals surface area contributed by atoms with Crippen LogP contribution in [0.15, 0.2) is 18.2 Å². The number of amides is 2. The Kier molecular flexibility index (Phi) is 5.89. The highest BCUT2D eigenvalue weighted by atomic mass is 19.1. The Labute approximate surface area is 140 Å². The van der Waals surface area contributed by atoms with E-state index in [4.69, 9.17) is 0 Å². The molecule has 0 saturated carbocycles. The summed E-state index contributed by atoms with van der Waals surface area (Å²) in [6.45, 7) is 5.29. The molecule has 6 nitrogen and oxygen atoms in total. The number of anilines is 1. The van der Waals surface area contributed by atoms with Crippen molar-refractivity contribution in [2.24, 2.45) is 0 Å². The summed E-state index contributed by atoms with van der Waals surface area (Å²) >= 11 is 0. The van der Waals surface area contributed by atoms with E-state index >= 15 is 0 Å². The number of carbonyl (C=O) groups is 3. The van der Waals surface area contributed by atoms with Crippen LogP contribution in [0.3, 0.4) is 0 Å². The molecule has 1 heterocycles. The molecule has 0 aliphatic carbocycles. The molecule has 2 rings (SSSR count). The summed E-state index contributed by atoms with van der Waals surface area (Å²) < 4.78 is 13.7. The first-order valence-electron chi connectivity index (χ1n) is 7.96. The van der Waals surface area contributed by atoms with Gasteiger partial charge in [0.2, 0.25) is 11.8 Å². The fourth-order valence-electron chi connectivity index (χ4n) is 2.76. The number of Topliss-reactive ketones (excluding diaryl/α,β-unsaturated/α-hetero) is 1. The number of hydrogen-bond donors (Lipinski definition) is 1. The lowest BCUT2D eigenvalue weighted by Gasteiger charge is -2.34. The number of hydrogen-bond acceptors (Lipinski definition) is 4. The minimum Gasteiger partial charge on any atom is -0.384 e. The minimum absolute atomic E-state index is 0.0139. The molecule has 2 amide bonds. The molecule has 1 aliphatic rings. The average Bonchev–Trinajstić information content (AvgIpc) is 2.54. The normalized spacial score (nSPS) is 14.5. The summed E-state index contributed by atoms with van der Waals surface area (Å²) in [6, 6.07) is 4.38. The number of nitrogens with one attached hydrogen (secondary N) is 1. The third-order valence-corrected chi connectivity index (χ3v) is 4.10.